The van der Waals surface area contributed by atoms with Crippen LogP contribution in [0.15, 0.2) is 33.9 Å². The third-order valence-corrected chi connectivity index (χ3v) is 5.41. The fourth-order valence-electron chi connectivity index (χ4n) is 3.53. The number of nitrogens with zero attached hydrogens (tertiary/aromatic N) is 3. The van der Waals surface area contributed by atoms with Gasteiger partial charge < -0.3 is 15.0 Å². The molecule has 2 aromatic heterocycles. The first-order valence-electron chi connectivity index (χ1n) is 10.3. The van der Waals surface area contributed by atoms with Crippen LogP contribution in [-0.4, -0.2) is 31.7 Å². The summed E-state index contributed by atoms with van der Waals surface area (Å²) in [7, 11) is 0. The zero-order valence-electron chi connectivity index (χ0n) is 17.0. The summed E-state index contributed by atoms with van der Waals surface area (Å²) in [5, 5.41) is 2.56. The van der Waals surface area contributed by atoms with E-state index in [0.717, 1.165) is 31.2 Å². The summed E-state index contributed by atoms with van der Waals surface area (Å²) in [6.07, 6.45) is 2.88. The van der Waals surface area contributed by atoms with Crippen molar-refractivity contribution in [3.63, 3.8) is 0 Å². The van der Waals surface area contributed by atoms with Gasteiger partial charge in [-0.3, -0.25) is 13.9 Å². The monoisotopic (exact) mass is 419 g/mol. The van der Waals surface area contributed by atoms with E-state index in [9.17, 15) is 14.4 Å². The van der Waals surface area contributed by atoms with E-state index in [-0.39, 0.29) is 35.7 Å². The molecule has 1 aromatic carbocycles. The Bertz CT molecular complexity index is 1360. The van der Waals surface area contributed by atoms with Gasteiger partial charge in [-0.15, -0.1) is 0 Å². The Kier molecular flexibility index (Phi) is 4.62. The largest absolute Gasteiger partial charge is 0.413 e. The number of benzene rings is 1. The first-order valence-corrected chi connectivity index (χ1v) is 10.3. The molecule has 9 nitrogen and oxygen atoms in total. The van der Waals surface area contributed by atoms with Crippen LogP contribution in [-0.2, 0) is 0 Å². The van der Waals surface area contributed by atoms with Crippen molar-refractivity contribution in [2.24, 2.45) is 0 Å². The molecule has 0 unspecified atom stereocenters. The number of carbonyl (C=O) groups excluding carboxylic acids is 1. The second kappa shape index (κ2) is 7.47. The van der Waals surface area contributed by atoms with Gasteiger partial charge in [0.05, 0.1) is 6.54 Å². The molecule has 0 atom stereocenters. The number of aromatic nitrogens is 4. The first kappa shape index (κ1) is 19.2. The van der Waals surface area contributed by atoms with Gasteiger partial charge in [-0.05, 0) is 50.2 Å². The first-order chi connectivity index (χ1) is 15.0. The molecular formula is C22H21N5O4. The summed E-state index contributed by atoms with van der Waals surface area (Å²) >= 11 is 0. The number of ether oxygens (including phenoxy) is 1. The second-order valence-corrected chi connectivity index (χ2v) is 7.88. The Morgan fingerprint density at radius 2 is 1.90 bits per heavy atom. The van der Waals surface area contributed by atoms with Gasteiger partial charge in [0.25, 0.3) is 5.56 Å². The van der Waals surface area contributed by atoms with Crippen LogP contribution >= 0.6 is 0 Å². The summed E-state index contributed by atoms with van der Waals surface area (Å²) in [4.78, 5) is 44.9. The summed E-state index contributed by atoms with van der Waals surface area (Å²) in [6.45, 7) is 1.89. The number of hydrogen-bond acceptors (Lipinski definition) is 5. The molecule has 2 fully saturated rings. The molecular weight excluding hydrogens is 398 g/mol. The highest BCUT2D eigenvalue weighted by atomic mass is 16.6. The number of aromatic amines is 1. The average molecular weight is 419 g/mol. The number of imidazole rings is 1. The van der Waals surface area contributed by atoms with Crippen LogP contribution in [0, 0.1) is 18.8 Å². The normalized spacial score (nSPS) is 15.4. The second-order valence-electron chi connectivity index (χ2n) is 7.88. The maximum absolute atomic E-state index is 12.9. The highest BCUT2D eigenvalue weighted by Crippen LogP contribution is 2.36. The molecule has 0 saturated heterocycles. The Morgan fingerprint density at radius 3 is 2.61 bits per heavy atom. The van der Waals surface area contributed by atoms with E-state index >= 15 is 0 Å². The molecule has 9 heteroatoms. The van der Waals surface area contributed by atoms with Gasteiger partial charge in [-0.1, -0.05) is 24.1 Å². The standard InChI is InChI=1S/C22H21N5O4/c1-13-5-2-3-6-16(13)31-21(29)23-12-4-7-17-24-18-19(25-17)26(14-8-9-14)22(30)27(20(18)28)15-10-11-15/h2-3,5-6,14-15H,8-12H2,1H3,(H,23,29)(H,24,25). The smallest absolute Gasteiger partial charge is 0.410 e. The highest BCUT2D eigenvalue weighted by molar-refractivity contribution is 5.72. The van der Waals surface area contributed by atoms with Crippen molar-refractivity contribution in [2.45, 2.75) is 44.7 Å². The van der Waals surface area contributed by atoms with Crippen molar-refractivity contribution in [2.75, 3.05) is 6.54 Å². The van der Waals surface area contributed by atoms with Gasteiger partial charge in [-0.2, -0.15) is 0 Å². The SMILES string of the molecule is Cc1ccccc1OC(=O)NCC#Cc1nc2c([nH]1)c(=O)n(C1CC1)c(=O)n2C1CC1. The van der Waals surface area contributed by atoms with Gasteiger partial charge in [0.2, 0.25) is 0 Å². The Morgan fingerprint density at radius 1 is 1.19 bits per heavy atom. The van der Waals surface area contributed by atoms with Crippen molar-refractivity contribution in [1.29, 1.82) is 0 Å². The molecule has 2 saturated carbocycles. The fourth-order valence-corrected chi connectivity index (χ4v) is 3.53. The topological polar surface area (TPSA) is 111 Å². The van der Waals surface area contributed by atoms with E-state index in [4.69, 9.17) is 4.74 Å². The predicted molar refractivity (Wildman–Crippen MR) is 113 cm³/mol. The highest BCUT2D eigenvalue weighted by Gasteiger charge is 2.34. The Balaban J connectivity index is 1.35. The zero-order chi connectivity index (χ0) is 21.5. The van der Waals surface area contributed by atoms with Gasteiger partial charge in [0.15, 0.2) is 17.0 Å². The molecule has 2 N–H and O–H groups in total. The molecule has 5 rings (SSSR count). The minimum absolute atomic E-state index is 0.0179. The third-order valence-electron chi connectivity index (χ3n) is 5.41. The van der Waals surface area contributed by atoms with Crippen LogP contribution < -0.4 is 21.3 Å². The van der Waals surface area contributed by atoms with E-state index in [1.165, 1.54) is 4.57 Å². The van der Waals surface area contributed by atoms with Crippen LogP contribution in [0.3, 0.4) is 0 Å². The third kappa shape index (κ3) is 3.72. The molecule has 2 aliphatic rings. The van der Waals surface area contributed by atoms with Crippen molar-refractivity contribution in [1.82, 2.24) is 24.4 Å². The fraction of sp³-hybridized carbons (Fsp3) is 0.364. The van der Waals surface area contributed by atoms with Crippen molar-refractivity contribution >= 4 is 17.3 Å². The van der Waals surface area contributed by atoms with E-state index in [1.807, 2.05) is 19.1 Å². The maximum Gasteiger partial charge on any atom is 0.413 e. The lowest BCUT2D eigenvalue weighted by molar-refractivity contribution is 0.201. The van der Waals surface area contributed by atoms with Crippen LogP contribution in [0.2, 0.25) is 0 Å². The quantitative estimate of drug-likeness (QED) is 0.629. The molecule has 0 bridgehead atoms. The summed E-state index contributed by atoms with van der Waals surface area (Å²) in [5.74, 6) is 6.36. The van der Waals surface area contributed by atoms with Crippen molar-refractivity contribution in [3.8, 4) is 17.6 Å². The minimum atomic E-state index is -0.608. The average Bonchev–Trinajstić information content (AvgIpc) is 3.67. The Labute approximate surface area is 177 Å². The van der Waals surface area contributed by atoms with Crippen LogP contribution in [0.5, 0.6) is 5.75 Å². The maximum atomic E-state index is 12.9. The number of hydrogen-bond donors (Lipinski definition) is 2. The van der Waals surface area contributed by atoms with E-state index in [1.54, 1.807) is 16.7 Å². The van der Waals surface area contributed by atoms with Gasteiger partial charge in [-0.25, -0.2) is 14.6 Å². The lowest BCUT2D eigenvalue weighted by atomic mass is 10.2. The summed E-state index contributed by atoms with van der Waals surface area (Å²) in [5.41, 5.74) is 0.874. The van der Waals surface area contributed by atoms with Crippen molar-refractivity contribution < 1.29 is 9.53 Å². The predicted octanol–water partition coefficient (Wildman–Crippen LogP) is 2.00. The number of aryl methyl sites for hydroxylation is 1. The number of amides is 1. The number of para-hydroxylation sites is 1. The molecule has 31 heavy (non-hydrogen) atoms. The van der Waals surface area contributed by atoms with Crippen LogP contribution in [0.4, 0.5) is 4.79 Å². The van der Waals surface area contributed by atoms with Gasteiger partial charge >= 0.3 is 11.8 Å². The number of nitrogens with one attached hydrogen (secondary N) is 2. The Hall–Kier alpha value is -3.80. The molecule has 1 amide bonds. The number of fused-ring (bicyclic) bond motifs is 1. The van der Waals surface area contributed by atoms with Gasteiger partial charge in [0, 0.05) is 12.1 Å². The zero-order valence-corrected chi connectivity index (χ0v) is 17.0. The van der Waals surface area contributed by atoms with Crippen LogP contribution in [0.1, 0.15) is 49.2 Å². The van der Waals surface area contributed by atoms with Gasteiger partial charge in [0.1, 0.15) is 5.75 Å². The number of carbonyl (C=O) groups is 1. The molecule has 0 aliphatic heterocycles. The molecule has 0 spiro atoms. The minimum Gasteiger partial charge on any atom is -0.410 e. The molecule has 0 radical (unpaired) electrons. The number of rotatable bonds is 4. The van der Waals surface area contributed by atoms with Crippen LogP contribution in [0.25, 0.3) is 11.2 Å². The van der Waals surface area contributed by atoms with Crippen molar-refractivity contribution in [3.05, 3.63) is 56.5 Å². The molecule has 3 aromatic rings. The summed E-state index contributed by atoms with van der Waals surface area (Å²) < 4.78 is 8.21. The molecule has 158 valence electrons. The molecule has 2 heterocycles. The van der Waals surface area contributed by atoms with E-state index < -0.39 is 6.09 Å². The molecule has 2 aliphatic carbocycles. The lowest BCUT2D eigenvalue weighted by Crippen LogP contribution is -2.39. The van der Waals surface area contributed by atoms with E-state index in [0.29, 0.717) is 16.9 Å². The summed E-state index contributed by atoms with van der Waals surface area (Å²) in [6, 6.07) is 7.28. The number of H-pyrrole nitrogens is 1. The lowest BCUT2D eigenvalue weighted by Gasteiger charge is -2.09. The van der Waals surface area contributed by atoms with E-state index in [2.05, 4.69) is 27.1 Å².